The Hall–Kier alpha value is -2.82. The molecule has 0 aliphatic rings. The summed E-state index contributed by atoms with van der Waals surface area (Å²) in [5, 5.41) is 3.92. The highest BCUT2D eigenvalue weighted by Crippen LogP contribution is 2.27. The third kappa shape index (κ3) is 7.33. The number of benzene rings is 3. The minimum atomic E-state index is -0.713. The van der Waals surface area contributed by atoms with E-state index in [1.807, 2.05) is 69.3 Å². The van der Waals surface area contributed by atoms with Crippen molar-refractivity contribution in [2.75, 3.05) is 6.54 Å². The third-order valence-electron chi connectivity index (χ3n) is 6.14. The van der Waals surface area contributed by atoms with Gasteiger partial charge in [0.1, 0.15) is 6.04 Å². The second kappa shape index (κ2) is 12.8. The predicted octanol–water partition coefficient (Wildman–Crippen LogP) is 6.32. The molecule has 1 atom stereocenters. The molecule has 0 spiro atoms. The predicted molar refractivity (Wildman–Crippen MR) is 144 cm³/mol. The summed E-state index contributed by atoms with van der Waals surface area (Å²) < 4.78 is 0. The first-order valence-corrected chi connectivity index (χ1v) is 12.7. The van der Waals surface area contributed by atoms with Crippen molar-refractivity contribution in [3.05, 3.63) is 105 Å². The number of nitrogens with one attached hydrogen (secondary N) is 1. The summed E-state index contributed by atoms with van der Waals surface area (Å²) >= 11 is 13.0. The van der Waals surface area contributed by atoms with Crippen molar-refractivity contribution < 1.29 is 9.59 Å². The molecule has 3 rings (SSSR count). The molecule has 2 amide bonds. The van der Waals surface area contributed by atoms with Gasteiger partial charge in [-0.3, -0.25) is 9.59 Å². The molecule has 1 N–H and O–H groups in total. The molecule has 184 valence electrons. The molecule has 0 aromatic heterocycles. The van der Waals surface area contributed by atoms with Crippen LogP contribution in [0.25, 0.3) is 0 Å². The monoisotopic (exact) mass is 510 g/mol. The van der Waals surface area contributed by atoms with Gasteiger partial charge >= 0.3 is 0 Å². The second-order valence-corrected chi connectivity index (χ2v) is 9.63. The lowest BCUT2D eigenvalue weighted by molar-refractivity contribution is -0.140. The average molecular weight is 511 g/mol. The summed E-state index contributed by atoms with van der Waals surface area (Å²) in [7, 11) is 0. The number of halogens is 2. The molecular formula is C29H32Cl2N2O2. The van der Waals surface area contributed by atoms with Gasteiger partial charge in [0.05, 0.1) is 6.42 Å². The van der Waals surface area contributed by atoms with E-state index in [0.717, 1.165) is 23.1 Å². The molecule has 6 heteroatoms. The zero-order valence-corrected chi connectivity index (χ0v) is 22.0. The number of aryl methyl sites for hydroxylation is 2. The van der Waals surface area contributed by atoms with E-state index < -0.39 is 6.04 Å². The van der Waals surface area contributed by atoms with Crippen LogP contribution in [0, 0.1) is 13.8 Å². The van der Waals surface area contributed by atoms with Crippen LogP contribution in [-0.2, 0) is 29.0 Å². The maximum Gasteiger partial charge on any atom is 0.243 e. The Morgan fingerprint density at radius 2 is 1.57 bits per heavy atom. The molecule has 0 fully saturated rings. The highest BCUT2D eigenvalue weighted by atomic mass is 35.5. The quantitative estimate of drug-likeness (QED) is 0.346. The minimum Gasteiger partial charge on any atom is -0.354 e. The number of carbonyl (C=O) groups is 2. The van der Waals surface area contributed by atoms with Crippen molar-refractivity contribution in [2.45, 2.75) is 52.6 Å². The fraction of sp³-hybridized carbons (Fsp3) is 0.310. The molecule has 0 radical (unpaired) electrons. The Morgan fingerprint density at radius 3 is 2.20 bits per heavy atom. The molecule has 0 saturated heterocycles. The summed E-state index contributed by atoms with van der Waals surface area (Å²) in [5.74, 6) is -0.343. The number of nitrogens with zero attached hydrogens (tertiary/aromatic N) is 1. The minimum absolute atomic E-state index is 0.138. The molecule has 0 aliphatic carbocycles. The highest BCUT2D eigenvalue weighted by Gasteiger charge is 2.31. The lowest BCUT2D eigenvalue weighted by Crippen LogP contribution is -2.51. The van der Waals surface area contributed by atoms with E-state index in [9.17, 15) is 9.59 Å². The Labute approximate surface area is 218 Å². The fourth-order valence-corrected chi connectivity index (χ4v) is 4.48. The average Bonchev–Trinajstić information content (AvgIpc) is 2.84. The number of carbonyl (C=O) groups excluding carboxylic acids is 2. The van der Waals surface area contributed by atoms with Crippen LogP contribution in [-0.4, -0.2) is 29.3 Å². The van der Waals surface area contributed by atoms with Gasteiger partial charge < -0.3 is 10.2 Å². The molecule has 35 heavy (non-hydrogen) atoms. The van der Waals surface area contributed by atoms with Gasteiger partial charge in [-0.25, -0.2) is 0 Å². The van der Waals surface area contributed by atoms with Crippen LogP contribution in [0.1, 0.15) is 41.2 Å². The molecule has 0 unspecified atom stereocenters. The van der Waals surface area contributed by atoms with Gasteiger partial charge in [0.2, 0.25) is 11.8 Å². The van der Waals surface area contributed by atoms with Crippen LogP contribution < -0.4 is 5.32 Å². The van der Waals surface area contributed by atoms with Gasteiger partial charge in [0, 0.05) is 35.1 Å². The van der Waals surface area contributed by atoms with Gasteiger partial charge in [-0.2, -0.15) is 0 Å². The molecule has 0 bridgehead atoms. The van der Waals surface area contributed by atoms with Gasteiger partial charge in [-0.1, -0.05) is 84.7 Å². The van der Waals surface area contributed by atoms with E-state index in [4.69, 9.17) is 23.2 Å². The largest absolute Gasteiger partial charge is 0.354 e. The van der Waals surface area contributed by atoms with Gasteiger partial charge in [0.25, 0.3) is 0 Å². The number of amides is 2. The standard InChI is InChI=1S/C29H32Cl2N2O2/c1-4-15-32-29(35)27(17-22-9-6-5-7-10-22)33(19-24-25(30)11-8-12-26(24)31)28(34)18-23-14-13-20(2)21(3)16-23/h5-14,16,27H,4,15,17-19H2,1-3H3,(H,32,35)/t27-/m1/s1. The number of rotatable bonds is 10. The summed E-state index contributed by atoms with van der Waals surface area (Å²) in [6.07, 6.45) is 1.36. The first-order chi connectivity index (χ1) is 16.8. The second-order valence-electron chi connectivity index (χ2n) is 8.81. The maximum absolute atomic E-state index is 13.8. The maximum atomic E-state index is 13.8. The van der Waals surface area contributed by atoms with Gasteiger partial charge in [-0.15, -0.1) is 0 Å². The van der Waals surface area contributed by atoms with Crippen LogP contribution in [0.15, 0.2) is 66.7 Å². The van der Waals surface area contributed by atoms with Crippen molar-refractivity contribution in [3.8, 4) is 0 Å². The molecular weight excluding hydrogens is 479 g/mol. The molecule has 0 saturated carbocycles. The Morgan fingerprint density at radius 1 is 0.886 bits per heavy atom. The lowest BCUT2D eigenvalue weighted by Gasteiger charge is -2.32. The molecule has 3 aromatic carbocycles. The van der Waals surface area contributed by atoms with Crippen molar-refractivity contribution in [1.82, 2.24) is 10.2 Å². The zero-order valence-electron chi connectivity index (χ0n) is 20.5. The van der Waals surface area contributed by atoms with Crippen LogP contribution >= 0.6 is 23.2 Å². The zero-order chi connectivity index (χ0) is 25.4. The van der Waals surface area contributed by atoms with Crippen molar-refractivity contribution in [2.24, 2.45) is 0 Å². The van der Waals surface area contributed by atoms with Crippen LogP contribution in [0.3, 0.4) is 0 Å². The van der Waals surface area contributed by atoms with Crippen LogP contribution in [0.5, 0.6) is 0 Å². The molecule has 3 aromatic rings. The van der Waals surface area contributed by atoms with Crippen molar-refractivity contribution in [3.63, 3.8) is 0 Å². The SMILES string of the molecule is CCCNC(=O)[C@@H](Cc1ccccc1)N(Cc1c(Cl)cccc1Cl)C(=O)Cc1ccc(C)c(C)c1. The number of hydrogen-bond acceptors (Lipinski definition) is 2. The normalized spacial score (nSPS) is 11.7. The summed E-state index contributed by atoms with van der Waals surface area (Å²) in [4.78, 5) is 28.8. The summed E-state index contributed by atoms with van der Waals surface area (Å²) in [6, 6.07) is 20.3. The van der Waals surface area contributed by atoms with Gasteiger partial charge in [-0.05, 0) is 54.7 Å². The van der Waals surface area contributed by atoms with E-state index in [-0.39, 0.29) is 24.8 Å². The third-order valence-corrected chi connectivity index (χ3v) is 6.85. The van der Waals surface area contributed by atoms with E-state index >= 15 is 0 Å². The highest BCUT2D eigenvalue weighted by molar-refractivity contribution is 6.36. The number of hydrogen-bond donors (Lipinski definition) is 1. The summed E-state index contributed by atoms with van der Waals surface area (Å²) in [6.45, 7) is 6.75. The van der Waals surface area contributed by atoms with Crippen LogP contribution in [0.2, 0.25) is 10.0 Å². The van der Waals surface area contributed by atoms with Crippen LogP contribution in [0.4, 0.5) is 0 Å². The lowest BCUT2D eigenvalue weighted by atomic mass is 10.00. The van der Waals surface area contributed by atoms with Crippen molar-refractivity contribution in [1.29, 1.82) is 0 Å². The topological polar surface area (TPSA) is 49.4 Å². The first-order valence-electron chi connectivity index (χ1n) is 11.9. The Bertz CT molecular complexity index is 1140. The smallest absolute Gasteiger partial charge is 0.243 e. The Kier molecular flexibility index (Phi) is 9.76. The van der Waals surface area contributed by atoms with E-state index in [1.54, 1.807) is 23.1 Å². The molecule has 4 nitrogen and oxygen atoms in total. The molecule has 0 heterocycles. The Balaban J connectivity index is 2.01. The fourth-order valence-electron chi connectivity index (χ4n) is 3.96. The van der Waals surface area contributed by atoms with E-state index in [1.165, 1.54) is 5.56 Å². The summed E-state index contributed by atoms with van der Waals surface area (Å²) in [5.41, 5.74) is 4.80. The van der Waals surface area contributed by atoms with E-state index in [0.29, 0.717) is 28.6 Å². The first kappa shape index (κ1) is 26.8. The molecule has 0 aliphatic heterocycles. The van der Waals surface area contributed by atoms with Gasteiger partial charge in [0.15, 0.2) is 0 Å². The van der Waals surface area contributed by atoms with E-state index in [2.05, 4.69) is 5.32 Å². The van der Waals surface area contributed by atoms with Crippen molar-refractivity contribution >= 4 is 35.0 Å².